The molecule has 5 nitrogen and oxygen atoms in total. The smallest absolute Gasteiger partial charge is 0.164 e. The van der Waals surface area contributed by atoms with E-state index in [0.29, 0.717) is 36.9 Å². The van der Waals surface area contributed by atoms with Gasteiger partial charge in [-0.25, -0.2) is 9.38 Å². The van der Waals surface area contributed by atoms with Gasteiger partial charge in [0, 0.05) is 54.3 Å². The van der Waals surface area contributed by atoms with Crippen molar-refractivity contribution in [3.8, 4) is 0 Å². The molecule has 0 amide bonds. The number of carbonyl (C=O) groups is 1. The summed E-state index contributed by atoms with van der Waals surface area (Å²) >= 11 is 3.36. The highest BCUT2D eigenvalue weighted by Crippen LogP contribution is 2.36. The summed E-state index contributed by atoms with van der Waals surface area (Å²) in [5.74, 6) is 0.512. The minimum absolute atomic E-state index is 0.0647. The van der Waals surface area contributed by atoms with Crippen LogP contribution in [0.1, 0.15) is 18.4 Å². The van der Waals surface area contributed by atoms with E-state index < -0.39 is 0 Å². The van der Waals surface area contributed by atoms with Crippen molar-refractivity contribution in [2.45, 2.75) is 19.3 Å². The second-order valence-corrected chi connectivity index (χ2v) is 7.20. The molecule has 0 aliphatic carbocycles. The molecule has 1 aromatic carbocycles. The summed E-state index contributed by atoms with van der Waals surface area (Å²) in [6, 6.07) is 2.94. The van der Waals surface area contributed by atoms with Crippen LogP contribution in [-0.2, 0) is 16.0 Å². The molecule has 0 radical (unpaired) electrons. The van der Waals surface area contributed by atoms with Gasteiger partial charge in [-0.1, -0.05) is 0 Å². The highest BCUT2D eigenvalue weighted by atomic mass is 79.9. The predicted octanol–water partition coefficient (Wildman–Crippen LogP) is 3.19. The zero-order chi connectivity index (χ0) is 17.4. The summed E-state index contributed by atoms with van der Waals surface area (Å²) in [4.78, 5) is 23.5. The Hall–Kier alpha value is -1.86. The van der Waals surface area contributed by atoms with Crippen molar-refractivity contribution in [3.05, 3.63) is 39.9 Å². The third kappa shape index (κ3) is 3.57. The van der Waals surface area contributed by atoms with Crippen LogP contribution in [0.15, 0.2) is 38.5 Å². The molecule has 0 aromatic heterocycles. The fourth-order valence-corrected chi connectivity index (χ4v) is 3.88. The Kier molecular flexibility index (Phi) is 4.52. The molecule has 0 unspecified atom stereocenters. The Morgan fingerprint density at radius 1 is 1.16 bits per heavy atom. The lowest BCUT2D eigenvalue weighted by Gasteiger charge is -2.30. The van der Waals surface area contributed by atoms with Gasteiger partial charge in [0.25, 0.3) is 0 Å². The number of carbonyl (C=O) groups excluding carboxylic acids is 1. The van der Waals surface area contributed by atoms with Crippen LogP contribution in [0.5, 0.6) is 0 Å². The largest absolute Gasteiger partial charge is 0.378 e. The first-order chi connectivity index (χ1) is 12.1. The summed E-state index contributed by atoms with van der Waals surface area (Å²) in [6.45, 7) is 2.79. The minimum Gasteiger partial charge on any atom is -0.378 e. The lowest BCUT2D eigenvalue weighted by atomic mass is 10.0. The summed E-state index contributed by atoms with van der Waals surface area (Å²) in [7, 11) is 0. The number of halogens is 2. The second kappa shape index (κ2) is 6.80. The molecular formula is C18H17BrFN3O2. The lowest BCUT2D eigenvalue weighted by molar-refractivity contribution is -0.113. The molecule has 4 rings (SSSR count). The van der Waals surface area contributed by atoms with E-state index in [4.69, 9.17) is 4.74 Å². The van der Waals surface area contributed by atoms with E-state index >= 15 is 0 Å². The predicted molar refractivity (Wildman–Crippen MR) is 97.1 cm³/mol. The normalized spacial score (nSPS) is 20.2. The number of aliphatic imine (C=N–C) groups is 2. The van der Waals surface area contributed by atoms with Crippen LogP contribution in [0, 0.1) is 5.82 Å². The van der Waals surface area contributed by atoms with Gasteiger partial charge in [-0.2, -0.15) is 0 Å². The van der Waals surface area contributed by atoms with Crippen molar-refractivity contribution in [3.63, 3.8) is 0 Å². The summed E-state index contributed by atoms with van der Waals surface area (Å²) < 4.78 is 19.6. The second-order valence-electron chi connectivity index (χ2n) is 6.35. The molecule has 1 fully saturated rings. The summed E-state index contributed by atoms with van der Waals surface area (Å²) in [6.07, 6.45) is 3.07. The van der Waals surface area contributed by atoms with E-state index in [1.807, 2.05) is 0 Å². The molecule has 3 aliphatic heterocycles. The van der Waals surface area contributed by atoms with Gasteiger partial charge in [0.1, 0.15) is 11.6 Å². The molecule has 0 bridgehead atoms. The monoisotopic (exact) mass is 405 g/mol. The first-order valence-electron chi connectivity index (χ1n) is 8.26. The Balaban J connectivity index is 1.52. The van der Waals surface area contributed by atoms with Crippen LogP contribution in [-0.4, -0.2) is 48.4 Å². The topological polar surface area (TPSA) is 54.3 Å². The summed E-state index contributed by atoms with van der Waals surface area (Å²) in [5.41, 5.74) is 3.38. The summed E-state index contributed by atoms with van der Waals surface area (Å²) in [5, 5.41) is 0. The Morgan fingerprint density at radius 3 is 2.72 bits per heavy atom. The van der Waals surface area contributed by atoms with Gasteiger partial charge in [-0.15, -0.1) is 0 Å². The first kappa shape index (κ1) is 16.6. The maximum Gasteiger partial charge on any atom is 0.164 e. The van der Waals surface area contributed by atoms with E-state index in [0.717, 1.165) is 41.6 Å². The lowest BCUT2D eigenvalue weighted by Crippen LogP contribution is -2.36. The third-order valence-electron chi connectivity index (χ3n) is 4.46. The molecule has 0 atom stereocenters. The van der Waals surface area contributed by atoms with E-state index in [9.17, 15) is 9.18 Å². The maximum atomic E-state index is 13.5. The first-order valence-corrected chi connectivity index (χ1v) is 9.06. The number of morpholine rings is 1. The number of hydrogen-bond donors (Lipinski definition) is 0. The zero-order valence-electron chi connectivity index (χ0n) is 13.6. The Morgan fingerprint density at radius 2 is 1.92 bits per heavy atom. The van der Waals surface area contributed by atoms with Gasteiger partial charge < -0.3 is 9.64 Å². The van der Waals surface area contributed by atoms with Crippen molar-refractivity contribution in [1.82, 2.24) is 4.90 Å². The Bertz CT molecular complexity index is 826. The van der Waals surface area contributed by atoms with E-state index in [1.165, 1.54) is 12.1 Å². The van der Waals surface area contributed by atoms with Crippen LogP contribution in [0.4, 0.5) is 10.1 Å². The number of hydrogen-bond acceptors (Lipinski definition) is 5. The molecule has 130 valence electrons. The maximum absolute atomic E-state index is 13.5. The van der Waals surface area contributed by atoms with E-state index in [2.05, 4.69) is 30.8 Å². The highest BCUT2D eigenvalue weighted by molar-refractivity contribution is 9.10. The molecule has 3 heterocycles. The standard InChI is InChI=1S/C18H17BrFN3O2/c19-16-7-12(20)5-11-6-13(22-18(11)16)8-14-9-15(24)10-17(21-14)23-1-3-25-4-2-23/h5,7,10H,1-4,6,8-9H2. The zero-order valence-corrected chi connectivity index (χ0v) is 15.2. The average Bonchev–Trinajstić information content (AvgIpc) is 2.97. The van der Waals surface area contributed by atoms with Crippen molar-refractivity contribution >= 4 is 38.8 Å². The van der Waals surface area contributed by atoms with Gasteiger partial charge in [0.2, 0.25) is 0 Å². The molecular weight excluding hydrogens is 389 g/mol. The number of ether oxygens (including phenoxy) is 1. The molecule has 0 spiro atoms. The molecule has 0 saturated carbocycles. The number of allylic oxidation sites excluding steroid dienone is 1. The minimum atomic E-state index is -0.273. The van der Waals surface area contributed by atoms with Crippen LogP contribution in [0.2, 0.25) is 0 Å². The van der Waals surface area contributed by atoms with Gasteiger partial charge in [0.15, 0.2) is 5.78 Å². The van der Waals surface area contributed by atoms with Gasteiger partial charge in [-0.05, 0) is 33.6 Å². The average molecular weight is 406 g/mol. The van der Waals surface area contributed by atoms with Crippen molar-refractivity contribution in [2.24, 2.45) is 9.98 Å². The molecule has 1 aromatic rings. The molecule has 7 heteroatoms. The van der Waals surface area contributed by atoms with Crippen LogP contribution in [0.3, 0.4) is 0 Å². The fourth-order valence-electron chi connectivity index (χ4n) is 3.32. The van der Waals surface area contributed by atoms with Crippen molar-refractivity contribution in [2.75, 3.05) is 26.3 Å². The highest BCUT2D eigenvalue weighted by Gasteiger charge is 2.24. The number of rotatable bonds is 3. The molecule has 0 N–H and O–H groups in total. The molecule has 3 aliphatic rings. The van der Waals surface area contributed by atoms with Crippen LogP contribution >= 0.6 is 15.9 Å². The van der Waals surface area contributed by atoms with Gasteiger partial charge in [-0.3, -0.25) is 9.79 Å². The number of benzene rings is 1. The SMILES string of the molecule is O=C1C=C(N2CCOCC2)N=C(CC2=Nc3c(Br)cc(F)cc3C2)C1. The number of nitrogens with zero attached hydrogens (tertiary/aromatic N) is 3. The Labute approximate surface area is 153 Å². The quantitative estimate of drug-likeness (QED) is 0.775. The van der Waals surface area contributed by atoms with E-state index in [-0.39, 0.29) is 11.6 Å². The number of fused-ring (bicyclic) bond motifs is 1. The van der Waals surface area contributed by atoms with Crippen molar-refractivity contribution < 1.29 is 13.9 Å². The third-order valence-corrected chi connectivity index (χ3v) is 5.06. The van der Waals surface area contributed by atoms with Crippen LogP contribution < -0.4 is 0 Å². The molecule has 25 heavy (non-hydrogen) atoms. The van der Waals surface area contributed by atoms with Gasteiger partial charge in [0.05, 0.1) is 18.9 Å². The fraction of sp³-hybridized carbons (Fsp3) is 0.389. The molecule has 1 saturated heterocycles. The van der Waals surface area contributed by atoms with Crippen LogP contribution in [0.25, 0.3) is 0 Å². The van der Waals surface area contributed by atoms with Crippen molar-refractivity contribution in [1.29, 1.82) is 0 Å². The van der Waals surface area contributed by atoms with E-state index in [1.54, 1.807) is 6.08 Å². The number of ketones is 1. The van der Waals surface area contributed by atoms with Gasteiger partial charge >= 0.3 is 0 Å².